The van der Waals surface area contributed by atoms with Gasteiger partial charge in [-0.2, -0.15) is 0 Å². The van der Waals surface area contributed by atoms with Crippen LogP contribution in [-0.4, -0.2) is 89.2 Å². The summed E-state index contributed by atoms with van der Waals surface area (Å²) in [7, 11) is 0. The van der Waals surface area contributed by atoms with Gasteiger partial charge in [0, 0.05) is 19.3 Å². The van der Waals surface area contributed by atoms with Gasteiger partial charge in [0.1, 0.15) is 18.8 Å². The van der Waals surface area contributed by atoms with Gasteiger partial charge in [-0.15, -0.1) is 0 Å². The molecule has 1 aliphatic heterocycles. The molecule has 0 radical (unpaired) electrons. The van der Waals surface area contributed by atoms with Gasteiger partial charge in [-0.05, 0) is 122 Å². The predicted octanol–water partition coefficient (Wildman–Crippen LogP) is 15.4. The third-order valence-electron chi connectivity index (χ3n) is 12.8. The molecule has 77 heavy (non-hydrogen) atoms. The first-order valence-corrected chi connectivity index (χ1v) is 29.9. The fourth-order valence-electron chi connectivity index (χ4n) is 8.28. The highest BCUT2D eigenvalue weighted by molar-refractivity contribution is 5.74. The number of aliphatic hydroxyl groups is 2. The van der Waals surface area contributed by atoms with Crippen LogP contribution in [0.1, 0.15) is 226 Å². The van der Waals surface area contributed by atoms with Crippen molar-refractivity contribution in [2.45, 2.75) is 263 Å². The lowest BCUT2D eigenvalue weighted by Gasteiger charge is -2.40. The quantitative estimate of drug-likeness (QED) is 0.0228. The van der Waals surface area contributed by atoms with E-state index in [4.69, 9.17) is 23.7 Å². The number of hydrogen-bond donors (Lipinski definition) is 3. The molecular formula is C65H104O12. The van der Waals surface area contributed by atoms with E-state index in [0.29, 0.717) is 19.3 Å². The van der Waals surface area contributed by atoms with Crippen molar-refractivity contribution in [3.05, 3.63) is 109 Å². The average Bonchev–Trinajstić information content (AvgIpc) is 3.42. The Morgan fingerprint density at radius 2 is 0.818 bits per heavy atom. The first kappa shape index (κ1) is 70.4. The van der Waals surface area contributed by atoms with Crippen molar-refractivity contribution in [3.63, 3.8) is 0 Å². The van der Waals surface area contributed by atoms with E-state index in [-0.39, 0.29) is 25.9 Å². The molecule has 0 spiro atoms. The van der Waals surface area contributed by atoms with Crippen LogP contribution in [0.15, 0.2) is 109 Å². The molecule has 0 aromatic rings. The van der Waals surface area contributed by atoms with Gasteiger partial charge in [0.15, 0.2) is 24.6 Å². The van der Waals surface area contributed by atoms with E-state index in [1.54, 1.807) is 0 Å². The number of hydrogen-bond acceptors (Lipinski definition) is 11. The number of carbonyl (C=O) groups is 4. The highest BCUT2D eigenvalue weighted by Gasteiger charge is 2.50. The molecule has 0 aromatic carbocycles. The summed E-state index contributed by atoms with van der Waals surface area (Å²) in [6.07, 6.45) is 57.7. The van der Waals surface area contributed by atoms with Crippen LogP contribution in [0.25, 0.3) is 0 Å². The van der Waals surface area contributed by atoms with Gasteiger partial charge in [0.25, 0.3) is 0 Å². The maximum Gasteiger partial charge on any atom is 0.335 e. The molecule has 1 rings (SSSR count). The van der Waals surface area contributed by atoms with E-state index in [9.17, 15) is 34.5 Å². The number of carbonyl (C=O) groups excluding carboxylic acids is 3. The highest BCUT2D eigenvalue weighted by Crippen LogP contribution is 2.26. The first-order chi connectivity index (χ1) is 37.6. The number of rotatable bonds is 49. The van der Waals surface area contributed by atoms with Gasteiger partial charge in [-0.1, -0.05) is 194 Å². The van der Waals surface area contributed by atoms with Crippen molar-refractivity contribution < 1.29 is 58.2 Å². The zero-order chi connectivity index (χ0) is 56.1. The van der Waals surface area contributed by atoms with Gasteiger partial charge in [-0.3, -0.25) is 14.4 Å². The second kappa shape index (κ2) is 52.1. The molecule has 0 aromatic heterocycles. The van der Waals surface area contributed by atoms with E-state index >= 15 is 0 Å². The lowest BCUT2D eigenvalue weighted by atomic mass is 9.98. The largest absolute Gasteiger partial charge is 0.479 e. The van der Waals surface area contributed by atoms with Crippen LogP contribution in [0.5, 0.6) is 0 Å². The lowest BCUT2D eigenvalue weighted by molar-refractivity contribution is -0.301. The number of unbranched alkanes of at least 4 members (excludes halogenated alkanes) is 17. The molecule has 6 unspecified atom stereocenters. The van der Waals surface area contributed by atoms with Crippen LogP contribution < -0.4 is 0 Å². The molecule has 0 saturated carbocycles. The number of carboxylic acids is 1. The van der Waals surface area contributed by atoms with Crippen molar-refractivity contribution in [3.8, 4) is 0 Å². The van der Waals surface area contributed by atoms with Gasteiger partial charge in [-0.25, -0.2) is 4.79 Å². The maximum atomic E-state index is 13.2. The Balaban J connectivity index is 2.74. The van der Waals surface area contributed by atoms with Crippen molar-refractivity contribution in [1.29, 1.82) is 0 Å². The normalized spacial score (nSPS) is 18.8. The van der Waals surface area contributed by atoms with Crippen molar-refractivity contribution in [2.24, 2.45) is 0 Å². The van der Waals surface area contributed by atoms with Gasteiger partial charge in [0.05, 0.1) is 6.61 Å². The summed E-state index contributed by atoms with van der Waals surface area (Å²) in [5, 5.41) is 31.5. The number of carboxylic acid groups (broad SMARTS) is 1. The summed E-state index contributed by atoms with van der Waals surface area (Å²) in [6, 6.07) is 0. The monoisotopic (exact) mass is 1080 g/mol. The Morgan fingerprint density at radius 3 is 1.26 bits per heavy atom. The Labute approximate surface area is 465 Å². The standard InChI is InChI=1S/C65H104O12/c1-4-7-10-13-16-19-22-25-27-29-31-34-36-39-42-45-48-51-57(66)73-54-56(75-58(67)52-49-46-43-40-38-35-32-30-28-26-23-20-17-14-11-8-5-2)55-74-65-63(61(70)60(69)62(77-65)64(71)72)76-59(68)53-50-47-44-41-37-33-24-21-18-15-12-9-6-3/h7-8,10-11,16-17,19-21,24-28,31-32,34-35,56,60-63,65,69-70H,4-6,9,12-15,18,22-23,29-30,33,36-55H2,1-3H3,(H,71,72)/b10-7-,11-8-,19-16-,20-17-,24-21-,27-25-,28-26-,34-31-,35-32-. The number of aliphatic hydroxyl groups excluding tert-OH is 2. The van der Waals surface area contributed by atoms with Crippen LogP contribution in [-0.2, 0) is 42.9 Å². The van der Waals surface area contributed by atoms with Gasteiger partial charge in [0.2, 0.25) is 0 Å². The molecule has 12 heteroatoms. The molecule has 0 bridgehead atoms. The topological polar surface area (TPSA) is 175 Å². The molecule has 12 nitrogen and oxygen atoms in total. The van der Waals surface area contributed by atoms with Crippen LogP contribution >= 0.6 is 0 Å². The summed E-state index contributed by atoms with van der Waals surface area (Å²) in [5.74, 6) is -3.21. The van der Waals surface area contributed by atoms with E-state index in [1.807, 2.05) is 0 Å². The number of aliphatic carboxylic acids is 1. The minimum absolute atomic E-state index is 0.0397. The smallest absolute Gasteiger partial charge is 0.335 e. The molecular weight excluding hydrogens is 973 g/mol. The summed E-state index contributed by atoms with van der Waals surface area (Å²) < 4.78 is 28.4. The zero-order valence-electron chi connectivity index (χ0n) is 47.9. The zero-order valence-corrected chi connectivity index (χ0v) is 47.9. The third kappa shape index (κ3) is 42.1. The molecule has 1 heterocycles. The fourth-order valence-corrected chi connectivity index (χ4v) is 8.28. The predicted molar refractivity (Wildman–Crippen MR) is 312 cm³/mol. The summed E-state index contributed by atoms with van der Waals surface area (Å²) in [5.41, 5.74) is 0. The molecule has 1 aliphatic rings. The summed E-state index contributed by atoms with van der Waals surface area (Å²) in [4.78, 5) is 51.2. The molecule has 1 fully saturated rings. The second-order valence-electron chi connectivity index (χ2n) is 19.9. The number of esters is 3. The van der Waals surface area contributed by atoms with E-state index in [2.05, 4.69) is 130 Å². The van der Waals surface area contributed by atoms with Crippen molar-refractivity contribution in [2.75, 3.05) is 13.2 Å². The second-order valence-corrected chi connectivity index (χ2v) is 19.9. The van der Waals surface area contributed by atoms with Crippen molar-refractivity contribution in [1.82, 2.24) is 0 Å². The Kier molecular flexibility index (Phi) is 47.6. The van der Waals surface area contributed by atoms with Crippen molar-refractivity contribution >= 4 is 23.9 Å². The first-order valence-electron chi connectivity index (χ1n) is 29.9. The van der Waals surface area contributed by atoms with Gasteiger partial charge >= 0.3 is 23.9 Å². The van der Waals surface area contributed by atoms with Crippen LogP contribution in [0.4, 0.5) is 0 Å². The van der Waals surface area contributed by atoms with Crippen LogP contribution in [0, 0.1) is 0 Å². The minimum Gasteiger partial charge on any atom is -0.479 e. The molecule has 436 valence electrons. The number of allylic oxidation sites excluding steroid dienone is 18. The fraction of sp³-hybridized carbons (Fsp3) is 0.662. The third-order valence-corrected chi connectivity index (χ3v) is 12.8. The number of ether oxygens (including phenoxy) is 5. The SMILES string of the molecule is CC/C=C\C/C=C\C/C=C\C/C=C\CCCCCCC(=O)OCC(COC1OC(C(=O)O)C(O)C(O)C1OC(=O)CCCCCCC/C=C\CCCCCC)OC(=O)CCCCCC/C=C\C/C=C\C/C=C\C/C=C\CC. The van der Waals surface area contributed by atoms with Crippen LogP contribution in [0.2, 0.25) is 0 Å². The molecule has 3 N–H and O–H groups in total. The van der Waals surface area contributed by atoms with E-state index < -0.39 is 67.3 Å². The molecule has 6 atom stereocenters. The Bertz CT molecular complexity index is 1750. The average molecular weight is 1080 g/mol. The molecule has 0 amide bonds. The van der Waals surface area contributed by atoms with Crippen LogP contribution in [0.3, 0.4) is 0 Å². The Morgan fingerprint density at radius 1 is 0.442 bits per heavy atom. The summed E-state index contributed by atoms with van der Waals surface area (Å²) >= 11 is 0. The Hall–Kier alpha value is -4.62. The van der Waals surface area contributed by atoms with E-state index in [0.717, 1.165) is 141 Å². The summed E-state index contributed by atoms with van der Waals surface area (Å²) in [6.45, 7) is 5.69. The highest BCUT2D eigenvalue weighted by atomic mass is 16.7. The minimum atomic E-state index is -1.92. The van der Waals surface area contributed by atoms with Gasteiger partial charge < -0.3 is 39.0 Å². The lowest BCUT2D eigenvalue weighted by Crippen LogP contribution is -2.61. The molecule has 0 aliphatic carbocycles. The van der Waals surface area contributed by atoms with E-state index in [1.165, 1.54) is 25.7 Å². The molecule has 1 saturated heterocycles. The maximum absolute atomic E-state index is 13.2.